The number of nitrogens with one attached hydrogen (secondary N) is 1. The van der Waals surface area contributed by atoms with Crippen molar-refractivity contribution < 1.29 is 9.53 Å². The Bertz CT molecular complexity index is 1020. The Morgan fingerprint density at radius 2 is 1.90 bits per heavy atom. The molecule has 2 aliphatic rings. The van der Waals surface area contributed by atoms with Gasteiger partial charge in [-0.25, -0.2) is 4.98 Å². The number of benzene rings is 1. The summed E-state index contributed by atoms with van der Waals surface area (Å²) in [6.45, 7) is 5.98. The summed E-state index contributed by atoms with van der Waals surface area (Å²) in [5.74, 6) is 1.53. The molecule has 6 nitrogen and oxygen atoms in total. The van der Waals surface area contributed by atoms with Crippen LogP contribution in [-0.4, -0.2) is 53.6 Å². The van der Waals surface area contributed by atoms with Crippen LogP contribution in [0.25, 0.3) is 22.3 Å². The summed E-state index contributed by atoms with van der Waals surface area (Å²) in [7, 11) is 0. The summed E-state index contributed by atoms with van der Waals surface area (Å²) in [6, 6.07) is 12.4. The fraction of sp³-hybridized carbons (Fsp3) is 0.391. The van der Waals surface area contributed by atoms with Crippen molar-refractivity contribution in [3.05, 3.63) is 42.6 Å². The van der Waals surface area contributed by atoms with E-state index in [2.05, 4.69) is 39.1 Å². The number of hydrogen-bond donors (Lipinski definition) is 1. The first-order chi connectivity index (χ1) is 14.2. The molecule has 0 bridgehead atoms. The minimum Gasteiger partial charge on any atom is -0.494 e. The number of carbonyl (C=O) groups excluding carboxylic acids is 1. The lowest BCUT2D eigenvalue weighted by molar-refractivity contribution is -0.132. The summed E-state index contributed by atoms with van der Waals surface area (Å²) in [4.78, 5) is 24.7. The summed E-state index contributed by atoms with van der Waals surface area (Å²) in [5, 5.41) is 1.12. The Hall–Kier alpha value is -3.02. The molecule has 0 atom stereocenters. The van der Waals surface area contributed by atoms with E-state index in [1.807, 2.05) is 30.2 Å². The highest BCUT2D eigenvalue weighted by atomic mass is 16.5. The van der Waals surface area contributed by atoms with Crippen LogP contribution < -0.4 is 9.64 Å². The number of fused-ring (bicyclic) bond motifs is 1. The smallest absolute Gasteiger partial charge is 0.225 e. The second kappa shape index (κ2) is 7.43. The predicted molar refractivity (Wildman–Crippen MR) is 114 cm³/mol. The maximum absolute atomic E-state index is 12.3. The largest absolute Gasteiger partial charge is 0.494 e. The number of H-pyrrole nitrogens is 1. The molecule has 1 aliphatic heterocycles. The van der Waals surface area contributed by atoms with E-state index in [-0.39, 0.29) is 0 Å². The quantitative estimate of drug-likeness (QED) is 0.722. The molecule has 1 saturated carbocycles. The number of hydrogen-bond acceptors (Lipinski definition) is 4. The fourth-order valence-electron chi connectivity index (χ4n) is 4.10. The first-order valence-electron chi connectivity index (χ1n) is 10.5. The third-order valence-electron chi connectivity index (χ3n) is 5.84. The Kier molecular flexibility index (Phi) is 4.62. The molecule has 1 saturated heterocycles. The molecule has 1 N–H and O–H groups in total. The van der Waals surface area contributed by atoms with Gasteiger partial charge in [-0.3, -0.25) is 4.79 Å². The summed E-state index contributed by atoms with van der Waals surface area (Å²) < 4.78 is 5.54. The van der Waals surface area contributed by atoms with Gasteiger partial charge in [-0.15, -0.1) is 0 Å². The molecule has 1 aliphatic carbocycles. The van der Waals surface area contributed by atoms with Crippen molar-refractivity contribution >= 4 is 22.6 Å². The van der Waals surface area contributed by atoms with Gasteiger partial charge in [0.1, 0.15) is 11.4 Å². The lowest BCUT2D eigenvalue weighted by atomic mass is 10.1. The predicted octanol–water partition coefficient (Wildman–Crippen LogP) is 3.69. The van der Waals surface area contributed by atoms with Crippen molar-refractivity contribution in [2.75, 3.05) is 37.7 Å². The number of aromatic nitrogens is 2. The van der Waals surface area contributed by atoms with E-state index in [0.717, 1.165) is 67.1 Å². The van der Waals surface area contributed by atoms with Crippen LogP contribution in [0.1, 0.15) is 19.8 Å². The molecule has 2 fully saturated rings. The monoisotopic (exact) mass is 390 g/mol. The molecule has 3 heterocycles. The Labute approximate surface area is 170 Å². The van der Waals surface area contributed by atoms with Crippen LogP contribution in [-0.2, 0) is 4.79 Å². The number of rotatable bonds is 5. The third kappa shape index (κ3) is 3.55. The molecule has 0 radical (unpaired) electrons. The Morgan fingerprint density at radius 3 is 2.59 bits per heavy atom. The summed E-state index contributed by atoms with van der Waals surface area (Å²) in [5.41, 5.74) is 4.23. The number of anilines is 1. The van der Waals surface area contributed by atoms with Gasteiger partial charge < -0.3 is 19.5 Å². The van der Waals surface area contributed by atoms with Gasteiger partial charge in [0.15, 0.2) is 0 Å². The van der Waals surface area contributed by atoms with E-state index in [4.69, 9.17) is 4.74 Å². The van der Waals surface area contributed by atoms with Crippen LogP contribution in [0.5, 0.6) is 5.75 Å². The van der Waals surface area contributed by atoms with Gasteiger partial charge in [0.25, 0.3) is 0 Å². The van der Waals surface area contributed by atoms with Crippen molar-refractivity contribution in [3.63, 3.8) is 0 Å². The summed E-state index contributed by atoms with van der Waals surface area (Å²) >= 11 is 0. The maximum atomic E-state index is 12.3. The van der Waals surface area contributed by atoms with E-state index in [0.29, 0.717) is 18.4 Å². The van der Waals surface area contributed by atoms with Crippen LogP contribution in [0.3, 0.4) is 0 Å². The minimum atomic E-state index is 0.301. The number of amides is 1. The zero-order valence-electron chi connectivity index (χ0n) is 16.7. The number of ether oxygens (including phenoxy) is 1. The van der Waals surface area contributed by atoms with Crippen molar-refractivity contribution in [2.24, 2.45) is 5.92 Å². The first-order valence-corrected chi connectivity index (χ1v) is 10.5. The maximum Gasteiger partial charge on any atom is 0.225 e. The Balaban J connectivity index is 1.37. The van der Waals surface area contributed by atoms with E-state index in [9.17, 15) is 4.79 Å². The van der Waals surface area contributed by atoms with Gasteiger partial charge in [0.05, 0.1) is 6.61 Å². The fourth-order valence-corrected chi connectivity index (χ4v) is 4.10. The Morgan fingerprint density at radius 1 is 1.14 bits per heavy atom. The average molecular weight is 390 g/mol. The molecule has 1 amide bonds. The molecule has 0 unspecified atom stereocenters. The molecule has 29 heavy (non-hydrogen) atoms. The van der Waals surface area contributed by atoms with Crippen LogP contribution in [0.15, 0.2) is 42.6 Å². The van der Waals surface area contributed by atoms with Gasteiger partial charge in [0, 0.05) is 55.1 Å². The number of nitrogens with zero attached hydrogens (tertiary/aromatic N) is 3. The van der Waals surface area contributed by atoms with Gasteiger partial charge in [-0.05, 0) is 61.7 Å². The van der Waals surface area contributed by atoms with E-state index in [1.54, 1.807) is 0 Å². The van der Waals surface area contributed by atoms with Crippen LogP contribution in [0.4, 0.5) is 5.69 Å². The number of carbonyl (C=O) groups is 1. The number of piperazine rings is 1. The highest BCUT2D eigenvalue weighted by Gasteiger charge is 2.34. The van der Waals surface area contributed by atoms with Crippen molar-refractivity contribution in [1.82, 2.24) is 14.9 Å². The molecule has 3 aromatic rings. The zero-order chi connectivity index (χ0) is 19.8. The van der Waals surface area contributed by atoms with E-state index < -0.39 is 0 Å². The van der Waals surface area contributed by atoms with Crippen LogP contribution in [0, 0.1) is 5.92 Å². The van der Waals surface area contributed by atoms with E-state index in [1.165, 1.54) is 5.69 Å². The zero-order valence-corrected chi connectivity index (χ0v) is 16.7. The first kappa shape index (κ1) is 18.0. The third-order valence-corrected chi connectivity index (χ3v) is 5.84. The molecular formula is C23H26N4O2. The molecule has 150 valence electrons. The van der Waals surface area contributed by atoms with Gasteiger partial charge in [-0.1, -0.05) is 0 Å². The van der Waals surface area contributed by atoms with Gasteiger partial charge in [0.2, 0.25) is 5.91 Å². The molecular weight excluding hydrogens is 364 g/mol. The second-order valence-electron chi connectivity index (χ2n) is 7.82. The SMILES string of the molecule is CCOc1ccc(-c2cc3c(N4CCN(C(=O)C5CC5)CC4)ccnc3[nH]2)cc1. The molecule has 6 heteroatoms. The highest BCUT2D eigenvalue weighted by molar-refractivity contribution is 5.94. The number of aromatic amines is 1. The molecule has 0 spiro atoms. The van der Waals surface area contributed by atoms with E-state index >= 15 is 0 Å². The number of pyridine rings is 1. The molecule has 1 aromatic carbocycles. The standard InChI is InChI=1S/C23H26N4O2/c1-2-29-18-7-5-16(6-8-18)20-15-19-21(9-10-24-22(19)25-20)26-11-13-27(14-12-26)23(28)17-3-4-17/h5-10,15,17H,2-4,11-14H2,1H3,(H,24,25). The van der Waals surface area contributed by atoms with Gasteiger partial charge in [-0.2, -0.15) is 0 Å². The van der Waals surface area contributed by atoms with Crippen molar-refractivity contribution in [1.29, 1.82) is 0 Å². The normalized spacial score (nSPS) is 17.0. The lowest BCUT2D eigenvalue weighted by Gasteiger charge is -2.36. The van der Waals surface area contributed by atoms with Crippen LogP contribution in [0.2, 0.25) is 0 Å². The second-order valence-corrected chi connectivity index (χ2v) is 7.82. The van der Waals surface area contributed by atoms with Gasteiger partial charge >= 0.3 is 0 Å². The highest BCUT2D eigenvalue weighted by Crippen LogP contribution is 2.33. The molecule has 2 aromatic heterocycles. The minimum absolute atomic E-state index is 0.301. The van der Waals surface area contributed by atoms with Crippen LogP contribution >= 0.6 is 0 Å². The summed E-state index contributed by atoms with van der Waals surface area (Å²) in [6.07, 6.45) is 4.00. The van der Waals surface area contributed by atoms with Crippen molar-refractivity contribution in [3.8, 4) is 17.0 Å². The average Bonchev–Trinajstić information content (AvgIpc) is 3.52. The molecule has 5 rings (SSSR count). The van der Waals surface area contributed by atoms with Crippen molar-refractivity contribution in [2.45, 2.75) is 19.8 Å². The topological polar surface area (TPSA) is 61.5 Å². The lowest BCUT2D eigenvalue weighted by Crippen LogP contribution is -2.49.